The molecule has 4 rings (SSSR count). The second kappa shape index (κ2) is 6.71. The summed E-state index contributed by atoms with van der Waals surface area (Å²) in [4.78, 5) is 14.4. The average molecular weight is 322 g/mol. The van der Waals surface area contributed by atoms with Gasteiger partial charge < -0.3 is 9.72 Å². The van der Waals surface area contributed by atoms with E-state index in [1.807, 2.05) is 6.20 Å². The van der Waals surface area contributed by atoms with Crippen molar-refractivity contribution in [1.82, 2.24) is 19.9 Å². The van der Waals surface area contributed by atoms with Gasteiger partial charge in [0, 0.05) is 25.0 Å². The molecule has 1 aliphatic heterocycles. The molecule has 1 aliphatic rings. The Morgan fingerprint density at radius 3 is 2.88 bits per heavy atom. The van der Waals surface area contributed by atoms with Crippen molar-refractivity contribution >= 4 is 10.9 Å². The summed E-state index contributed by atoms with van der Waals surface area (Å²) in [6.45, 7) is 7.04. The highest BCUT2D eigenvalue weighted by atomic mass is 16.5. The van der Waals surface area contributed by atoms with Crippen LogP contribution in [0.4, 0.5) is 0 Å². The molecule has 2 aromatic heterocycles. The van der Waals surface area contributed by atoms with Crippen molar-refractivity contribution in [2.75, 3.05) is 32.8 Å². The topological polar surface area (TPSA) is 54.0 Å². The molecule has 0 saturated carbocycles. The second-order valence-corrected chi connectivity index (χ2v) is 6.35. The van der Waals surface area contributed by atoms with E-state index >= 15 is 0 Å². The number of aromatic nitrogens is 3. The summed E-state index contributed by atoms with van der Waals surface area (Å²) >= 11 is 0. The molecular formula is C19H22N4O. The molecule has 0 radical (unpaired) electrons. The number of rotatable bonds is 4. The van der Waals surface area contributed by atoms with Gasteiger partial charge >= 0.3 is 0 Å². The van der Waals surface area contributed by atoms with E-state index in [-0.39, 0.29) is 0 Å². The van der Waals surface area contributed by atoms with Gasteiger partial charge in [-0.05, 0) is 42.7 Å². The van der Waals surface area contributed by atoms with E-state index in [1.54, 1.807) is 6.33 Å². The molecule has 0 atom stereocenters. The molecule has 124 valence electrons. The highest BCUT2D eigenvalue weighted by Gasteiger charge is 2.11. The van der Waals surface area contributed by atoms with Crippen molar-refractivity contribution in [3.63, 3.8) is 0 Å². The zero-order valence-corrected chi connectivity index (χ0v) is 14.0. The Morgan fingerprint density at radius 2 is 2.08 bits per heavy atom. The summed E-state index contributed by atoms with van der Waals surface area (Å²) in [5.41, 5.74) is 5.55. The van der Waals surface area contributed by atoms with Gasteiger partial charge in [0.25, 0.3) is 0 Å². The molecule has 1 fully saturated rings. The third kappa shape index (κ3) is 3.18. The zero-order valence-electron chi connectivity index (χ0n) is 14.0. The number of benzene rings is 1. The van der Waals surface area contributed by atoms with Crippen LogP contribution in [0, 0.1) is 6.92 Å². The maximum Gasteiger partial charge on any atom is 0.0924 e. The summed E-state index contributed by atoms with van der Waals surface area (Å²) in [7, 11) is 0. The van der Waals surface area contributed by atoms with Gasteiger partial charge in [-0.1, -0.05) is 6.07 Å². The summed E-state index contributed by atoms with van der Waals surface area (Å²) in [6, 6.07) is 8.75. The number of nitrogens with one attached hydrogen (secondary N) is 1. The van der Waals surface area contributed by atoms with Crippen LogP contribution in [-0.4, -0.2) is 52.7 Å². The van der Waals surface area contributed by atoms with Gasteiger partial charge in [0.05, 0.1) is 42.6 Å². The highest BCUT2D eigenvalue weighted by Crippen LogP contribution is 2.24. The summed E-state index contributed by atoms with van der Waals surface area (Å²) in [6.07, 6.45) is 4.56. The standard InChI is InChI=1S/C19H22N4O/c1-14-10-18(19-12-20-13-21-19)22-17-3-2-15(11-16(14)17)4-5-23-6-8-24-9-7-23/h2-3,10-13H,4-9H2,1H3,(H,20,21). The van der Waals surface area contributed by atoms with E-state index in [9.17, 15) is 0 Å². The van der Waals surface area contributed by atoms with Crippen LogP contribution in [0.5, 0.6) is 0 Å². The number of H-pyrrole nitrogens is 1. The fourth-order valence-corrected chi connectivity index (χ4v) is 3.24. The minimum Gasteiger partial charge on any atom is -0.379 e. The summed E-state index contributed by atoms with van der Waals surface area (Å²) in [5.74, 6) is 0. The molecule has 3 heterocycles. The van der Waals surface area contributed by atoms with Crippen LogP contribution in [0.3, 0.4) is 0 Å². The molecule has 0 amide bonds. The number of morpholine rings is 1. The van der Waals surface area contributed by atoms with E-state index in [4.69, 9.17) is 9.72 Å². The van der Waals surface area contributed by atoms with Crippen molar-refractivity contribution in [3.05, 3.63) is 47.9 Å². The number of aromatic amines is 1. The van der Waals surface area contributed by atoms with E-state index in [0.717, 1.165) is 56.2 Å². The van der Waals surface area contributed by atoms with Crippen LogP contribution in [0.25, 0.3) is 22.3 Å². The lowest BCUT2D eigenvalue weighted by Crippen LogP contribution is -2.37. The summed E-state index contributed by atoms with van der Waals surface area (Å²) in [5, 5.41) is 1.23. The van der Waals surface area contributed by atoms with Crippen molar-refractivity contribution in [1.29, 1.82) is 0 Å². The SMILES string of the molecule is Cc1cc(-c2cnc[nH]2)nc2ccc(CCN3CCOCC3)cc12. The van der Waals surface area contributed by atoms with E-state index < -0.39 is 0 Å². The Hall–Kier alpha value is -2.24. The molecule has 0 unspecified atom stereocenters. The lowest BCUT2D eigenvalue weighted by molar-refractivity contribution is 0.0384. The molecule has 0 aliphatic carbocycles. The highest BCUT2D eigenvalue weighted by molar-refractivity contribution is 5.85. The first-order valence-corrected chi connectivity index (χ1v) is 8.49. The summed E-state index contributed by atoms with van der Waals surface area (Å²) < 4.78 is 5.41. The Kier molecular flexibility index (Phi) is 4.28. The molecule has 0 bridgehead atoms. The molecule has 0 spiro atoms. The lowest BCUT2D eigenvalue weighted by Gasteiger charge is -2.26. The van der Waals surface area contributed by atoms with Crippen LogP contribution >= 0.6 is 0 Å². The normalized spacial score (nSPS) is 15.9. The fourth-order valence-electron chi connectivity index (χ4n) is 3.24. The predicted octanol–water partition coefficient (Wildman–Crippen LogP) is 2.81. The van der Waals surface area contributed by atoms with Crippen LogP contribution in [0.1, 0.15) is 11.1 Å². The first kappa shape index (κ1) is 15.3. The molecule has 3 aromatic rings. The molecule has 1 N–H and O–H groups in total. The molecule has 5 heteroatoms. The van der Waals surface area contributed by atoms with Gasteiger partial charge in [-0.3, -0.25) is 4.90 Å². The van der Waals surface area contributed by atoms with Crippen molar-refractivity contribution in [2.24, 2.45) is 0 Å². The molecule has 24 heavy (non-hydrogen) atoms. The monoisotopic (exact) mass is 322 g/mol. The first-order valence-electron chi connectivity index (χ1n) is 8.49. The van der Waals surface area contributed by atoms with Gasteiger partial charge in [0.1, 0.15) is 0 Å². The van der Waals surface area contributed by atoms with Crippen molar-refractivity contribution < 1.29 is 4.74 Å². The smallest absolute Gasteiger partial charge is 0.0924 e. The fraction of sp³-hybridized carbons (Fsp3) is 0.368. The largest absolute Gasteiger partial charge is 0.379 e. The number of ether oxygens (including phenoxy) is 1. The lowest BCUT2D eigenvalue weighted by atomic mass is 10.0. The number of imidazole rings is 1. The van der Waals surface area contributed by atoms with Crippen LogP contribution in [0.2, 0.25) is 0 Å². The van der Waals surface area contributed by atoms with Gasteiger partial charge in [-0.15, -0.1) is 0 Å². The van der Waals surface area contributed by atoms with Crippen LogP contribution in [-0.2, 0) is 11.2 Å². The molecule has 5 nitrogen and oxygen atoms in total. The molecular weight excluding hydrogens is 300 g/mol. The van der Waals surface area contributed by atoms with E-state index in [2.05, 4.69) is 46.1 Å². The second-order valence-electron chi connectivity index (χ2n) is 6.35. The Labute approximate surface area is 141 Å². The van der Waals surface area contributed by atoms with E-state index in [0.29, 0.717) is 0 Å². The van der Waals surface area contributed by atoms with Crippen molar-refractivity contribution in [3.8, 4) is 11.4 Å². The van der Waals surface area contributed by atoms with Gasteiger partial charge in [0.2, 0.25) is 0 Å². The average Bonchev–Trinajstić information content (AvgIpc) is 3.16. The van der Waals surface area contributed by atoms with Gasteiger partial charge in [-0.2, -0.15) is 0 Å². The predicted molar refractivity (Wildman–Crippen MR) is 95.0 cm³/mol. The number of aryl methyl sites for hydroxylation is 1. The maximum absolute atomic E-state index is 5.41. The maximum atomic E-state index is 5.41. The number of hydrogen-bond acceptors (Lipinski definition) is 4. The zero-order chi connectivity index (χ0) is 16.4. The van der Waals surface area contributed by atoms with E-state index in [1.165, 1.54) is 16.5 Å². The minimum atomic E-state index is 0.858. The van der Waals surface area contributed by atoms with Crippen molar-refractivity contribution in [2.45, 2.75) is 13.3 Å². The number of pyridine rings is 1. The Bertz CT molecular complexity index is 823. The Balaban J connectivity index is 1.56. The minimum absolute atomic E-state index is 0.858. The Morgan fingerprint density at radius 1 is 1.21 bits per heavy atom. The van der Waals surface area contributed by atoms with Gasteiger partial charge in [0.15, 0.2) is 0 Å². The van der Waals surface area contributed by atoms with Crippen LogP contribution in [0.15, 0.2) is 36.8 Å². The molecule has 1 saturated heterocycles. The van der Waals surface area contributed by atoms with Gasteiger partial charge in [-0.25, -0.2) is 9.97 Å². The third-order valence-corrected chi connectivity index (χ3v) is 4.67. The third-order valence-electron chi connectivity index (χ3n) is 4.67. The number of fused-ring (bicyclic) bond motifs is 1. The molecule has 1 aromatic carbocycles. The number of hydrogen-bond donors (Lipinski definition) is 1. The first-order chi connectivity index (χ1) is 11.8. The quantitative estimate of drug-likeness (QED) is 0.802. The number of nitrogens with zero attached hydrogens (tertiary/aromatic N) is 3. The van der Waals surface area contributed by atoms with Crippen LogP contribution < -0.4 is 0 Å².